The van der Waals surface area contributed by atoms with E-state index in [9.17, 15) is 0 Å². The van der Waals surface area contributed by atoms with Gasteiger partial charge in [-0.2, -0.15) is 0 Å². The summed E-state index contributed by atoms with van der Waals surface area (Å²) in [6.45, 7) is -0.169. The molecule has 138 valence electrons. The molecule has 0 aliphatic carbocycles. The summed E-state index contributed by atoms with van der Waals surface area (Å²) in [5.41, 5.74) is 0. The van der Waals surface area contributed by atoms with Crippen LogP contribution in [0.5, 0.6) is 0 Å². The average Bonchev–Trinajstić information content (AvgIpc) is 3.51. The van der Waals surface area contributed by atoms with Crippen molar-refractivity contribution in [3.05, 3.63) is 0 Å². The molecule has 20 rings (SSSR count). The van der Waals surface area contributed by atoms with Crippen molar-refractivity contribution in [3.8, 4) is 0 Å². The Hall–Kier alpha value is 1.04. The molecule has 0 saturated carbocycles. The molecule has 26 heavy (non-hydrogen) atoms. The van der Waals surface area contributed by atoms with Crippen molar-refractivity contribution < 1.29 is 13.0 Å². The normalized spacial score (nSPS) is 154. The number of hydrogen-bond donors (Lipinski definition) is 0. The second kappa shape index (κ2) is 0.614. The van der Waals surface area contributed by atoms with Crippen LogP contribution in [0.25, 0.3) is 0 Å². The standard InChI is InChI=1S/C14H16.2C5H5.2Fe/c1-11(2)14(12-7-3-4-8-12)13-9-5-6-10-13;2*1-2-4-5-3-1;;/h3-11,14H,1-2H3;2*1-5H;;. The fraction of sp³-hybridized carbons (Fsp3) is 1.00. The van der Waals surface area contributed by atoms with E-state index in [2.05, 4.69) is 13.8 Å². The van der Waals surface area contributed by atoms with Crippen molar-refractivity contribution >= 4 is 0 Å². The van der Waals surface area contributed by atoms with Gasteiger partial charge in [0.05, 0.1) is 0 Å². The second-order valence-corrected chi connectivity index (χ2v) is 68.4. The zero-order chi connectivity index (χ0) is 15.2. The van der Waals surface area contributed by atoms with Crippen molar-refractivity contribution in [2.24, 2.45) is 11.8 Å². The van der Waals surface area contributed by atoms with Crippen LogP contribution in [0.4, 0.5) is 0 Å². The quantitative estimate of drug-likeness (QED) is 0.405. The number of rotatable bonds is 3. The molecule has 0 aromatic heterocycles. The van der Waals surface area contributed by atoms with E-state index in [0.29, 0.717) is 0 Å². The molecule has 2 heteroatoms. The fourth-order valence-electron chi connectivity index (χ4n) is 35.8. The molecule has 20 aliphatic rings. The van der Waals surface area contributed by atoms with E-state index in [-0.39, 0.29) is 0 Å². The third kappa shape index (κ3) is 0.0737. The maximum atomic E-state index is 2.84. The predicted octanol–water partition coefficient (Wildman–Crippen LogP) is 7.78. The molecular weight excluding hydrogens is 400 g/mol. The fourth-order valence-corrected chi connectivity index (χ4v) is 187. The third-order valence-corrected chi connectivity index (χ3v) is 117. The molecule has 0 aromatic rings. The van der Waals surface area contributed by atoms with Crippen LogP contribution >= 0.6 is 0 Å². The van der Waals surface area contributed by atoms with Gasteiger partial charge in [-0.25, -0.2) is 0 Å². The molecule has 8 atom stereocenters. The van der Waals surface area contributed by atoms with Gasteiger partial charge in [-0.05, 0) is 0 Å². The van der Waals surface area contributed by atoms with Crippen molar-refractivity contribution in [3.63, 3.8) is 0 Å². The van der Waals surface area contributed by atoms with Crippen LogP contribution < -0.4 is 0 Å². The monoisotopic (exact) mass is 426 g/mol. The summed E-state index contributed by atoms with van der Waals surface area (Å²) in [6.07, 6.45) is 0. The third-order valence-electron chi connectivity index (χ3n) is 31.2. The Kier molecular flexibility index (Phi) is 0.204. The molecule has 8 unspecified atom stereocenters. The van der Waals surface area contributed by atoms with Gasteiger partial charge in [-0.3, -0.25) is 0 Å². The second-order valence-electron chi connectivity index (χ2n) is 21.2. The van der Waals surface area contributed by atoms with E-state index in [0.717, 1.165) is 5.92 Å². The molecule has 0 aromatic carbocycles. The number of hydrogen-bond acceptors (Lipinski definition) is 0. The van der Waals surface area contributed by atoms with Gasteiger partial charge >= 0.3 is 134 Å². The summed E-state index contributed by atoms with van der Waals surface area (Å²) in [7, 11) is 0. The summed E-state index contributed by atoms with van der Waals surface area (Å²) in [6, 6.07) is 0. The van der Waals surface area contributed by atoms with Gasteiger partial charge in [0.25, 0.3) is 0 Å². The van der Waals surface area contributed by atoms with Crippen molar-refractivity contribution in [1.82, 2.24) is 0 Å². The summed E-state index contributed by atoms with van der Waals surface area (Å²) < 4.78 is 2.57. The van der Waals surface area contributed by atoms with Gasteiger partial charge in [0, 0.05) is 0 Å². The molecule has 0 radical (unpaired) electrons. The summed E-state index contributed by atoms with van der Waals surface area (Å²) in [5.74, 6) is 2.60. The van der Waals surface area contributed by atoms with Crippen LogP contribution in [-0.2, 0) is 13.0 Å². The minimum absolute atomic E-state index is 1.15. The molecule has 0 amide bonds. The molecule has 20 aliphatic heterocycles. The average molecular weight is 426 g/mol. The van der Waals surface area contributed by atoms with Crippen LogP contribution in [0.3, 0.4) is 0 Å². The zero-order valence-electron chi connectivity index (χ0n) is 15.3. The Labute approximate surface area is 133 Å². The van der Waals surface area contributed by atoms with Gasteiger partial charge in [-0.15, -0.1) is 0 Å². The van der Waals surface area contributed by atoms with Crippen molar-refractivity contribution in [2.45, 2.75) is 109 Å². The summed E-state index contributed by atoms with van der Waals surface area (Å²) in [4.78, 5) is 28.8. The van der Waals surface area contributed by atoms with Crippen LogP contribution in [-0.4, -0.2) is 0 Å². The van der Waals surface area contributed by atoms with Gasteiger partial charge < -0.3 is 0 Å². The molecule has 20 heterocycles. The Balaban J connectivity index is 1.17. The van der Waals surface area contributed by atoms with Crippen LogP contribution in [0.15, 0.2) is 0 Å². The van der Waals surface area contributed by atoms with Crippen LogP contribution in [0.1, 0.15) is 13.8 Å². The first kappa shape index (κ1) is 8.65. The van der Waals surface area contributed by atoms with Gasteiger partial charge in [-0.1, -0.05) is 0 Å². The Morgan fingerprint density at radius 2 is 0.731 bits per heavy atom. The predicted molar refractivity (Wildman–Crippen MR) is 91.2 cm³/mol. The first-order valence-electron chi connectivity index (χ1n) is 12.6. The van der Waals surface area contributed by atoms with E-state index in [1.165, 1.54) is 14.5 Å². The van der Waals surface area contributed by atoms with Crippen LogP contribution in [0, 0.1) is 11.8 Å². The molecule has 20 fully saturated rings. The summed E-state index contributed by atoms with van der Waals surface area (Å²) >= 11 is 0. The molecule has 0 nitrogen and oxygen atoms in total. The Morgan fingerprint density at radius 3 is 0.846 bits per heavy atom. The Morgan fingerprint density at radius 1 is 0.462 bits per heavy atom. The van der Waals surface area contributed by atoms with E-state index in [1.807, 2.05) is 0 Å². The Bertz CT molecular complexity index is 1760. The van der Waals surface area contributed by atoms with E-state index in [4.69, 9.17) is 0 Å². The molecule has 0 bridgehead atoms. The first-order valence-corrected chi connectivity index (χ1v) is 25.2. The zero-order valence-corrected chi connectivity index (χ0v) is 17.5. The van der Waals surface area contributed by atoms with Crippen LogP contribution in [0.2, 0.25) is 95.3 Å². The van der Waals surface area contributed by atoms with Gasteiger partial charge in [0.1, 0.15) is 0 Å². The molecule has 2 spiro atoms. The molecule has 0 N–H and O–H groups in total. The molecule has 20 saturated heterocycles. The van der Waals surface area contributed by atoms with E-state index in [1.54, 1.807) is 86.7 Å². The van der Waals surface area contributed by atoms with E-state index >= 15 is 0 Å². The topological polar surface area (TPSA) is 0 Å². The van der Waals surface area contributed by atoms with Crippen molar-refractivity contribution in [1.29, 1.82) is 0 Å². The van der Waals surface area contributed by atoms with Crippen molar-refractivity contribution in [2.75, 3.05) is 0 Å². The number of fused-ring (bicyclic) bond motifs is 20. The molecular formula is C24H26Fe2. The minimum atomic E-state index is -2.92. The van der Waals surface area contributed by atoms with Gasteiger partial charge in [0.2, 0.25) is 0 Å². The summed E-state index contributed by atoms with van der Waals surface area (Å²) in [5, 5.41) is 0. The van der Waals surface area contributed by atoms with E-state index < -0.39 is 13.0 Å². The van der Waals surface area contributed by atoms with Gasteiger partial charge in [0.15, 0.2) is 0 Å². The maximum absolute atomic E-state index is 2.92. The first-order chi connectivity index (χ1) is 12.2. The SMILES string of the molecule is CC(C)C([C]12[CH]3[CH]4[CH]5[CH]1[Fe]45321678[CH]2[CH]1[CH]6[CH]7[CH]28)[C]12[CH]3[CH]4[CH]5[CH]1[Fe]45321678[CH]2[CH]1[CH]6[CH]7[CH]28.